The lowest BCUT2D eigenvalue weighted by atomic mass is 9.96. The zero-order valence-corrected chi connectivity index (χ0v) is 28.0. The zero-order valence-electron chi connectivity index (χ0n) is 26.4. The number of nitrogens with zero attached hydrogens (tertiary/aromatic N) is 3. The first-order valence-corrected chi connectivity index (χ1v) is 15.9. The van der Waals surface area contributed by atoms with Gasteiger partial charge in [-0.3, -0.25) is 18.6 Å². The molecule has 1 fully saturated rings. The third kappa shape index (κ3) is 10.8. The molecular formula is C27H32F3N5O12S2. The molecule has 0 bridgehead atoms. The first-order chi connectivity index (χ1) is 22.4. The second-order valence-corrected chi connectivity index (χ2v) is 13.6. The van der Waals surface area contributed by atoms with E-state index in [1.54, 1.807) is 24.3 Å². The molecule has 3 rings (SSSR count). The van der Waals surface area contributed by atoms with Crippen LogP contribution in [-0.4, -0.2) is 93.8 Å². The lowest BCUT2D eigenvalue weighted by Crippen LogP contribution is -2.71. The summed E-state index contributed by atoms with van der Waals surface area (Å²) in [6, 6.07) is 6.53. The average Bonchev–Trinajstić information content (AvgIpc) is 3.43. The van der Waals surface area contributed by atoms with Crippen molar-refractivity contribution in [2.45, 2.75) is 65.1 Å². The van der Waals surface area contributed by atoms with Crippen LogP contribution in [0.4, 0.5) is 18.3 Å². The van der Waals surface area contributed by atoms with Crippen LogP contribution in [0.1, 0.15) is 45.9 Å². The molecule has 49 heavy (non-hydrogen) atoms. The van der Waals surface area contributed by atoms with E-state index in [-0.39, 0.29) is 17.4 Å². The minimum absolute atomic E-state index is 0.0217. The molecule has 1 saturated heterocycles. The maximum Gasteiger partial charge on any atom is 0.490 e. The molecule has 0 aliphatic carbocycles. The monoisotopic (exact) mass is 739 g/mol. The smallest absolute Gasteiger partial charge is 0.481 e. The van der Waals surface area contributed by atoms with Crippen LogP contribution in [0.15, 0.2) is 40.9 Å². The van der Waals surface area contributed by atoms with E-state index >= 15 is 0 Å². The minimum atomic E-state index is -5.08. The van der Waals surface area contributed by atoms with Crippen LogP contribution in [0.5, 0.6) is 0 Å². The Balaban J connectivity index is 0.00000107. The number of nitrogen functional groups attached to an aromatic ring is 1. The van der Waals surface area contributed by atoms with E-state index in [2.05, 4.69) is 15.5 Å². The summed E-state index contributed by atoms with van der Waals surface area (Å²) in [7, 11) is -4.66. The number of hydrogen-bond donors (Lipinski definition) is 4. The summed E-state index contributed by atoms with van der Waals surface area (Å²) >= 11 is 0.994. The third-order valence-corrected chi connectivity index (χ3v) is 8.39. The number of aliphatic carboxylic acids is 2. The predicted molar refractivity (Wildman–Crippen MR) is 163 cm³/mol. The zero-order chi connectivity index (χ0) is 37.5. The van der Waals surface area contributed by atoms with Gasteiger partial charge >= 0.3 is 34.4 Å². The first-order valence-electron chi connectivity index (χ1n) is 13.7. The quantitative estimate of drug-likeness (QED) is 0.0988. The molecule has 17 nitrogen and oxygen atoms in total. The molecule has 0 unspecified atom stereocenters. The molecule has 1 aliphatic rings. The van der Waals surface area contributed by atoms with Gasteiger partial charge < -0.3 is 30.8 Å². The number of β-lactam (4-membered cyclic amide) rings is 1. The molecule has 5 N–H and O–H groups in total. The second-order valence-electron chi connectivity index (χ2n) is 11.2. The molecule has 1 aliphatic heterocycles. The summed E-state index contributed by atoms with van der Waals surface area (Å²) in [6.07, 6.45) is -5.08. The fraction of sp³-hybridized carbons (Fsp3) is 0.444. The van der Waals surface area contributed by atoms with Crippen LogP contribution in [0.2, 0.25) is 0 Å². The first kappa shape index (κ1) is 40.3. The van der Waals surface area contributed by atoms with Crippen molar-refractivity contribution in [2.24, 2.45) is 10.6 Å². The molecule has 22 heteroatoms. The third-order valence-electron chi connectivity index (χ3n) is 6.30. The van der Waals surface area contributed by atoms with Crippen molar-refractivity contribution in [2.75, 3.05) is 12.3 Å². The van der Waals surface area contributed by atoms with Gasteiger partial charge in [-0.1, -0.05) is 35.5 Å². The Hall–Kier alpha value is -4.83. The molecule has 1 aromatic carbocycles. The molecule has 0 radical (unpaired) electrons. The number of esters is 1. The van der Waals surface area contributed by atoms with Gasteiger partial charge in [-0.05, 0) is 40.2 Å². The number of hydrogen-bond acceptors (Lipinski definition) is 14. The Kier molecular flexibility index (Phi) is 12.8. The molecule has 2 aromatic rings. The van der Waals surface area contributed by atoms with Gasteiger partial charge in [0.05, 0.1) is 18.1 Å². The number of benzene rings is 1. The van der Waals surface area contributed by atoms with Crippen molar-refractivity contribution < 1.29 is 69.5 Å². The highest BCUT2D eigenvalue weighted by Crippen LogP contribution is 2.27. The number of alkyl halides is 3. The minimum Gasteiger partial charge on any atom is -0.481 e. The standard InChI is InChI=1S/C25H31N5O10S2.C2HF3O2/c1-14-17(20(32)30(14)42(36,37)39-13-24(2,3)21(33)34)28-19(31)18(16-12-41-23(26)27-16)29-40-25(4,5)22(35)38-11-15-9-7-6-8-10-15;3-2(4,5)1(6)7/h6-10,12,14,17H,11,13H2,1-5H3,(H2,26,27)(H,28,31)(H,33,34);(H,6,7)/b29-18-;/t14-,17-;/m0./s1. The summed E-state index contributed by atoms with van der Waals surface area (Å²) < 4.78 is 67.4. The number of ether oxygens (including phenoxy) is 1. The van der Waals surface area contributed by atoms with Crippen LogP contribution in [-0.2, 0) is 54.6 Å². The van der Waals surface area contributed by atoms with Crippen molar-refractivity contribution in [3.63, 3.8) is 0 Å². The van der Waals surface area contributed by atoms with Gasteiger partial charge in [0, 0.05) is 5.38 Å². The summed E-state index contributed by atoms with van der Waals surface area (Å²) in [6.45, 7) is 5.87. The Morgan fingerprint density at radius 1 is 1.08 bits per heavy atom. The number of oxime groups is 1. The highest BCUT2D eigenvalue weighted by molar-refractivity contribution is 7.85. The summed E-state index contributed by atoms with van der Waals surface area (Å²) in [5.41, 5.74) is 2.79. The number of aromatic nitrogens is 1. The lowest BCUT2D eigenvalue weighted by molar-refractivity contribution is -0.192. The number of nitrogens with one attached hydrogen (secondary N) is 1. The van der Waals surface area contributed by atoms with Crippen molar-refractivity contribution in [1.29, 1.82) is 0 Å². The lowest BCUT2D eigenvalue weighted by Gasteiger charge is -2.43. The average molecular weight is 740 g/mol. The Morgan fingerprint density at radius 2 is 1.65 bits per heavy atom. The van der Waals surface area contributed by atoms with Gasteiger partial charge in [-0.2, -0.15) is 21.6 Å². The Morgan fingerprint density at radius 3 is 2.12 bits per heavy atom. The SMILES string of the molecule is C[C@H]1[C@H](NC(=O)/C(=N\OC(C)(C)C(=O)OCc2ccccc2)c2csc(N)n2)C(=O)N1S(=O)(=O)OCC(C)(C)C(=O)O.O=C(O)C(F)(F)F. The van der Waals surface area contributed by atoms with Crippen molar-refractivity contribution in [1.82, 2.24) is 14.6 Å². The maximum atomic E-state index is 13.2. The van der Waals surface area contributed by atoms with E-state index in [0.29, 0.717) is 4.31 Å². The fourth-order valence-electron chi connectivity index (χ4n) is 3.34. The van der Waals surface area contributed by atoms with E-state index in [4.69, 9.17) is 29.4 Å². The van der Waals surface area contributed by atoms with Gasteiger partial charge in [0.25, 0.3) is 11.8 Å². The fourth-order valence-corrected chi connectivity index (χ4v) is 5.31. The molecule has 2 heterocycles. The number of carbonyl (C=O) groups is 5. The van der Waals surface area contributed by atoms with Crippen molar-refractivity contribution >= 4 is 62.2 Å². The molecule has 2 amide bonds. The van der Waals surface area contributed by atoms with Crippen LogP contribution in [0, 0.1) is 5.41 Å². The number of thiazole rings is 1. The number of nitrogens with two attached hydrogens (primary N) is 1. The van der Waals surface area contributed by atoms with Crippen LogP contribution in [0.3, 0.4) is 0 Å². The van der Waals surface area contributed by atoms with Crippen LogP contribution in [0.25, 0.3) is 0 Å². The van der Waals surface area contributed by atoms with E-state index in [0.717, 1.165) is 16.9 Å². The van der Waals surface area contributed by atoms with Crippen LogP contribution < -0.4 is 11.1 Å². The Labute approximate surface area is 281 Å². The van der Waals surface area contributed by atoms with Crippen LogP contribution >= 0.6 is 11.3 Å². The van der Waals surface area contributed by atoms with Gasteiger partial charge in [0.1, 0.15) is 18.3 Å². The number of carbonyl (C=O) groups excluding carboxylic acids is 3. The van der Waals surface area contributed by atoms with Crippen molar-refractivity contribution in [3.8, 4) is 0 Å². The maximum absolute atomic E-state index is 13.2. The van der Waals surface area contributed by atoms with Gasteiger partial charge in [0.2, 0.25) is 5.60 Å². The molecule has 270 valence electrons. The Bertz CT molecular complexity index is 1700. The highest BCUT2D eigenvalue weighted by atomic mass is 32.2. The van der Waals surface area contributed by atoms with E-state index in [9.17, 15) is 45.9 Å². The predicted octanol–water partition coefficient (Wildman–Crippen LogP) is 1.69. The van der Waals surface area contributed by atoms with Crippen molar-refractivity contribution in [3.05, 3.63) is 47.0 Å². The molecular weight excluding hydrogens is 707 g/mol. The molecule has 2 atom stereocenters. The second kappa shape index (κ2) is 15.6. The number of anilines is 1. The van der Waals surface area contributed by atoms with Gasteiger partial charge in [-0.15, -0.1) is 11.3 Å². The molecule has 0 saturated carbocycles. The summed E-state index contributed by atoms with van der Waals surface area (Å²) in [4.78, 5) is 68.2. The largest absolute Gasteiger partial charge is 0.490 e. The topological polar surface area (TPSA) is 254 Å². The van der Waals surface area contributed by atoms with Gasteiger partial charge in [0.15, 0.2) is 10.8 Å². The van der Waals surface area contributed by atoms with Gasteiger partial charge in [-0.25, -0.2) is 18.9 Å². The molecule has 1 aromatic heterocycles. The van der Waals surface area contributed by atoms with E-state index in [1.807, 2.05) is 6.07 Å². The highest BCUT2D eigenvalue weighted by Gasteiger charge is 2.53. The number of halogens is 3. The van der Waals surface area contributed by atoms with E-state index in [1.165, 1.54) is 40.0 Å². The number of carboxylic acid groups (broad SMARTS) is 2. The summed E-state index contributed by atoms with van der Waals surface area (Å²) in [5, 5.41) is 24.0. The number of amides is 2. The van der Waals surface area contributed by atoms with E-state index < -0.39 is 81.6 Å². The number of rotatable bonds is 13. The normalized spacial score (nSPS) is 16.9. The number of carboxylic acids is 2. The summed E-state index contributed by atoms with van der Waals surface area (Å²) in [5.74, 6) is -6.82. The molecule has 0 spiro atoms.